The molecule has 3 amide bonds. The van der Waals surface area contributed by atoms with Gasteiger partial charge in [0, 0.05) is 0 Å². The number of thiol groups is 1. The summed E-state index contributed by atoms with van der Waals surface area (Å²) in [6.07, 6.45) is 0. The van der Waals surface area contributed by atoms with Gasteiger partial charge >= 0.3 is 5.97 Å². The van der Waals surface area contributed by atoms with Crippen LogP contribution in [-0.4, -0.2) is 62.5 Å². The molecule has 0 spiro atoms. The van der Waals surface area contributed by atoms with Crippen LogP contribution in [0.2, 0.25) is 0 Å². The highest BCUT2D eigenvalue weighted by molar-refractivity contribution is 9.09. The number of benzene rings is 1. The fraction of sp³-hybridized carbons (Fsp3) is 0.250. The maximum absolute atomic E-state index is 12.6. The Morgan fingerprint density at radius 1 is 1.23 bits per heavy atom. The van der Waals surface area contributed by atoms with Gasteiger partial charge in [0.1, 0.15) is 17.2 Å². The lowest BCUT2D eigenvalue weighted by atomic mass is 10.0. The number of ether oxygens (including phenoxy) is 1. The zero-order chi connectivity index (χ0) is 19.2. The van der Waals surface area contributed by atoms with E-state index in [9.17, 15) is 24.3 Å². The number of aliphatic hydroxyl groups excluding tert-OH is 1. The maximum atomic E-state index is 12.6. The Balaban J connectivity index is 1.93. The van der Waals surface area contributed by atoms with Crippen LogP contribution in [0.25, 0.3) is 0 Å². The molecule has 2 atom stereocenters. The molecule has 1 aromatic rings. The van der Waals surface area contributed by atoms with Crippen LogP contribution in [-0.2, 0) is 14.3 Å². The molecule has 136 valence electrons. The molecule has 2 unspecified atom stereocenters. The van der Waals surface area contributed by atoms with E-state index in [-0.39, 0.29) is 22.2 Å². The van der Waals surface area contributed by atoms with Crippen molar-refractivity contribution < 1.29 is 29.0 Å². The van der Waals surface area contributed by atoms with Crippen LogP contribution >= 0.6 is 28.6 Å². The summed E-state index contributed by atoms with van der Waals surface area (Å²) in [5.41, 5.74) is 0.0230. The minimum atomic E-state index is -1.19. The van der Waals surface area contributed by atoms with Crippen molar-refractivity contribution in [3.05, 3.63) is 46.8 Å². The molecular weight excluding hydrogens is 428 g/mol. The Labute approximate surface area is 161 Å². The van der Waals surface area contributed by atoms with Crippen molar-refractivity contribution in [2.75, 3.05) is 12.4 Å². The smallest absolute Gasteiger partial charge is 0.358 e. The predicted octanol–water partition coefficient (Wildman–Crippen LogP) is 1.09. The number of esters is 1. The average Bonchev–Trinajstić information content (AvgIpc) is 2.90. The number of hydrogen-bond acceptors (Lipinski definition) is 7. The summed E-state index contributed by atoms with van der Waals surface area (Å²) in [7, 11) is 1.10. The summed E-state index contributed by atoms with van der Waals surface area (Å²) < 4.78 is 4.59. The lowest BCUT2D eigenvalue weighted by molar-refractivity contribution is -0.153. The van der Waals surface area contributed by atoms with E-state index in [1.54, 1.807) is 12.1 Å². The molecule has 26 heavy (non-hydrogen) atoms. The molecule has 10 heteroatoms. The zero-order valence-electron chi connectivity index (χ0n) is 13.4. The van der Waals surface area contributed by atoms with Crippen LogP contribution < -0.4 is 0 Å². The van der Waals surface area contributed by atoms with Gasteiger partial charge in [-0.3, -0.25) is 24.2 Å². The molecule has 1 saturated heterocycles. The second kappa shape index (κ2) is 6.76. The molecule has 0 radical (unpaired) electrons. The zero-order valence-corrected chi connectivity index (χ0v) is 15.9. The fourth-order valence-corrected chi connectivity index (χ4v) is 3.68. The van der Waals surface area contributed by atoms with Gasteiger partial charge in [0.15, 0.2) is 5.70 Å². The Morgan fingerprint density at radius 3 is 2.19 bits per heavy atom. The van der Waals surface area contributed by atoms with Crippen molar-refractivity contribution in [2.45, 2.75) is 11.4 Å². The maximum Gasteiger partial charge on any atom is 0.358 e. The summed E-state index contributed by atoms with van der Waals surface area (Å²) in [6.45, 7) is 0. The van der Waals surface area contributed by atoms with Gasteiger partial charge in [0.25, 0.3) is 17.7 Å². The van der Waals surface area contributed by atoms with Crippen LogP contribution in [0.5, 0.6) is 0 Å². The first kappa shape index (κ1) is 18.5. The number of β-lactam (4-membered cyclic amide) rings is 1. The fourth-order valence-electron chi connectivity index (χ4n) is 2.92. The molecule has 8 nitrogen and oxygen atoms in total. The molecule has 3 rings (SSSR count). The second-order valence-corrected chi connectivity index (χ2v) is 6.60. The molecule has 2 aliphatic heterocycles. The molecule has 2 aliphatic rings. The summed E-state index contributed by atoms with van der Waals surface area (Å²) in [5, 5.41) is 8.85. The number of imide groups is 1. The second-order valence-electron chi connectivity index (χ2n) is 5.51. The molecule has 2 heterocycles. The van der Waals surface area contributed by atoms with Gasteiger partial charge in [-0.05, 0) is 12.1 Å². The number of methoxy groups -OCH3 is 1. The third-order valence-electron chi connectivity index (χ3n) is 4.16. The van der Waals surface area contributed by atoms with Crippen molar-refractivity contribution >= 4 is 52.2 Å². The number of allylic oxidation sites excluding steroid dienone is 1. The Hall–Kier alpha value is -2.33. The monoisotopic (exact) mass is 440 g/mol. The summed E-state index contributed by atoms with van der Waals surface area (Å²) >= 11 is 7.26. The third kappa shape index (κ3) is 2.52. The van der Waals surface area contributed by atoms with E-state index in [0.29, 0.717) is 0 Å². The molecule has 0 saturated carbocycles. The van der Waals surface area contributed by atoms with E-state index in [1.807, 2.05) is 0 Å². The first-order chi connectivity index (χ1) is 12.3. The number of nitrogens with zero attached hydrogens (tertiary/aromatic N) is 2. The molecule has 1 aromatic carbocycles. The Bertz CT molecular complexity index is 835. The van der Waals surface area contributed by atoms with E-state index in [2.05, 4.69) is 33.3 Å². The summed E-state index contributed by atoms with van der Waals surface area (Å²) in [5.74, 6) is -3.28. The third-order valence-corrected chi connectivity index (χ3v) is 5.21. The normalized spacial score (nSPS) is 22.8. The molecular formula is C16H13BrN2O6S. The highest BCUT2D eigenvalue weighted by Crippen LogP contribution is 2.37. The number of halogens is 1. The molecule has 1 N–H and O–H groups in total. The number of hydrogen-bond donors (Lipinski definition) is 2. The van der Waals surface area contributed by atoms with Crippen molar-refractivity contribution in [1.82, 2.24) is 9.80 Å². The van der Waals surface area contributed by atoms with E-state index in [1.165, 1.54) is 12.1 Å². The lowest BCUT2D eigenvalue weighted by Crippen LogP contribution is -2.69. The Kier molecular flexibility index (Phi) is 4.80. The van der Waals surface area contributed by atoms with E-state index < -0.39 is 40.9 Å². The van der Waals surface area contributed by atoms with Gasteiger partial charge in [-0.2, -0.15) is 12.6 Å². The predicted molar refractivity (Wildman–Crippen MR) is 95.8 cm³/mol. The number of carbonyl (C=O) groups excluding carboxylic acids is 4. The van der Waals surface area contributed by atoms with Crippen molar-refractivity contribution in [3.63, 3.8) is 0 Å². The van der Waals surface area contributed by atoms with E-state index in [0.717, 1.165) is 16.9 Å². The van der Waals surface area contributed by atoms with Gasteiger partial charge in [0.05, 0.1) is 23.6 Å². The van der Waals surface area contributed by atoms with Crippen molar-refractivity contribution in [1.29, 1.82) is 0 Å². The number of aliphatic hydroxyl groups is 1. The van der Waals surface area contributed by atoms with Gasteiger partial charge < -0.3 is 9.84 Å². The van der Waals surface area contributed by atoms with Crippen LogP contribution in [0, 0.1) is 0 Å². The molecule has 0 bridgehead atoms. The number of fused-ring (bicyclic) bond motifs is 1. The van der Waals surface area contributed by atoms with E-state index in [4.69, 9.17) is 0 Å². The molecule has 0 aliphatic carbocycles. The van der Waals surface area contributed by atoms with Gasteiger partial charge in [-0.15, -0.1) is 0 Å². The summed E-state index contributed by atoms with van der Waals surface area (Å²) in [4.78, 5) is 51.4. The minimum Gasteiger partial charge on any atom is -0.509 e. The van der Waals surface area contributed by atoms with Gasteiger partial charge in [-0.25, -0.2) is 4.79 Å². The van der Waals surface area contributed by atoms with E-state index >= 15 is 0 Å². The van der Waals surface area contributed by atoms with Crippen LogP contribution in [0.3, 0.4) is 0 Å². The number of alkyl halides is 1. The number of rotatable bonds is 4. The first-order valence-corrected chi connectivity index (χ1v) is 9.03. The number of amides is 3. The first-order valence-electron chi connectivity index (χ1n) is 7.39. The SMILES string of the molecule is COC(=O)C(=C(O)CBr)N1C(=O)C(N2C(=O)c3ccccc3C2=O)C1S. The van der Waals surface area contributed by atoms with Gasteiger partial charge in [0.2, 0.25) is 0 Å². The quantitative estimate of drug-likeness (QED) is 0.138. The highest BCUT2D eigenvalue weighted by atomic mass is 79.9. The van der Waals surface area contributed by atoms with Crippen molar-refractivity contribution in [3.8, 4) is 0 Å². The molecule has 0 aromatic heterocycles. The van der Waals surface area contributed by atoms with Crippen LogP contribution in [0.1, 0.15) is 20.7 Å². The number of carbonyl (C=O) groups is 4. The standard InChI is InChI=1S/C16H13BrN2O6S/c1-25-16(24)10(9(20)6-17)19-14(23)11(15(19)26)18-12(21)7-4-2-3-5-8(7)13(18)22/h2-5,11,15,20,26H,6H2,1H3. The summed E-state index contributed by atoms with van der Waals surface area (Å²) in [6, 6.07) is 5.05. The van der Waals surface area contributed by atoms with Gasteiger partial charge in [-0.1, -0.05) is 28.1 Å². The van der Waals surface area contributed by atoms with Crippen molar-refractivity contribution in [2.24, 2.45) is 0 Å². The van der Waals surface area contributed by atoms with Crippen LogP contribution in [0.4, 0.5) is 0 Å². The average molecular weight is 441 g/mol. The van der Waals surface area contributed by atoms with Crippen LogP contribution in [0.15, 0.2) is 35.7 Å². The largest absolute Gasteiger partial charge is 0.509 e. The number of likely N-dealkylation sites (tertiary alicyclic amines) is 1. The highest BCUT2D eigenvalue weighted by Gasteiger charge is 2.57. The lowest BCUT2D eigenvalue weighted by Gasteiger charge is -2.47. The molecule has 1 fully saturated rings. The minimum absolute atomic E-state index is 0.0978. The Morgan fingerprint density at radius 2 is 1.77 bits per heavy atom. The topological polar surface area (TPSA) is 104 Å².